The Bertz CT molecular complexity index is 366. The SMILES string of the molecule is CC(=O)O.Cc1ncc(CO)c(CO)c1O.Cl. The van der Waals surface area contributed by atoms with Gasteiger partial charge in [-0.2, -0.15) is 0 Å². The van der Waals surface area contributed by atoms with Crippen molar-refractivity contribution in [3.05, 3.63) is 23.0 Å². The number of pyridine rings is 1. The number of carboxylic acids is 1. The van der Waals surface area contributed by atoms with Gasteiger partial charge in [-0.25, -0.2) is 0 Å². The molecule has 1 rings (SSSR count). The van der Waals surface area contributed by atoms with Crippen molar-refractivity contribution in [1.82, 2.24) is 4.98 Å². The number of hydrogen-bond acceptors (Lipinski definition) is 5. The van der Waals surface area contributed by atoms with Gasteiger partial charge in [-0.15, -0.1) is 12.4 Å². The molecule has 6 nitrogen and oxygen atoms in total. The van der Waals surface area contributed by atoms with Gasteiger partial charge in [0.15, 0.2) is 0 Å². The van der Waals surface area contributed by atoms with Crippen LogP contribution in [0.2, 0.25) is 0 Å². The van der Waals surface area contributed by atoms with Crippen LogP contribution in [0.15, 0.2) is 6.20 Å². The highest BCUT2D eigenvalue weighted by molar-refractivity contribution is 5.85. The number of halogens is 1. The van der Waals surface area contributed by atoms with E-state index in [0.717, 1.165) is 6.92 Å². The first-order chi connectivity index (χ1) is 7.43. The molecule has 0 fully saturated rings. The molecule has 17 heavy (non-hydrogen) atoms. The van der Waals surface area contributed by atoms with Crippen LogP contribution in [0.5, 0.6) is 5.75 Å². The Hall–Kier alpha value is -1.37. The maximum absolute atomic E-state index is 9.38. The van der Waals surface area contributed by atoms with Crippen LogP contribution in [-0.2, 0) is 18.0 Å². The summed E-state index contributed by atoms with van der Waals surface area (Å²) in [7, 11) is 0. The molecule has 0 atom stereocenters. The zero-order chi connectivity index (χ0) is 12.7. The van der Waals surface area contributed by atoms with E-state index in [0.29, 0.717) is 16.8 Å². The fourth-order valence-electron chi connectivity index (χ4n) is 0.997. The van der Waals surface area contributed by atoms with Crippen molar-refractivity contribution in [2.24, 2.45) is 0 Å². The Balaban J connectivity index is 0. The first-order valence-corrected chi connectivity index (χ1v) is 4.51. The van der Waals surface area contributed by atoms with E-state index in [2.05, 4.69) is 4.98 Å². The van der Waals surface area contributed by atoms with Gasteiger partial charge < -0.3 is 20.4 Å². The summed E-state index contributed by atoms with van der Waals surface area (Å²) in [6.45, 7) is 2.21. The minimum absolute atomic E-state index is 0. The Morgan fingerprint density at radius 2 is 1.82 bits per heavy atom. The number of aryl methyl sites for hydroxylation is 1. The summed E-state index contributed by atoms with van der Waals surface area (Å²) in [5.41, 5.74) is 1.27. The molecule has 4 N–H and O–H groups in total. The average Bonchev–Trinajstić information content (AvgIpc) is 2.21. The van der Waals surface area contributed by atoms with Crippen LogP contribution in [0.3, 0.4) is 0 Å². The summed E-state index contributed by atoms with van der Waals surface area (Å²) in [6.07, 6.45) is 1.45. The van der Waals surface area contributed by atoms with Crippen LogP contribution >= 0.6 is 12.4 Å². The molecule has 0 saturated heterocycles. The highest BCUT2D eigenvalue weighted by atomic mass is 35.5. The van der Waals surface area contributed by atoms with E-state index in [1.165, 1.54) is 6.20 Å². The third kappa shape index (κ3) is 6.06. The number of nitrogens with zero attached hydrogens (tertiary/aromatic N) is 1. The van der Waals surface area contributed by atoms with Gasteiger partial charge in [0.2, 0.25) is 0 Å². The van der Waals surface area contributed by atoms with E-state index in [4.69, 9.17) is 20.1 Å². The van der Waals surface area contributed by atoms with Crippen molar-refractivity contribution in [1.29, 1.82) is 0 Å². The predicted molar refractivity (Wildman–Crippen MR) is 63.0 cm³/mol. The van der Waals surface area contributed by atoms with Crippen molar-refractivity contribution >= 4 is 18.4 Å². The molecule has 0 radical (unpaired) electrons. The van der Waals surface area contributed by atoms with E-state index < -0.39 is 5.97 Å². The summed E-state index contributed by atoms with van der Waals surface area (Å²) in [6, 6.07) is 0. The van der Waals surface area contributed by atoms with Crippen LogP contribution in [0.25, 0.3) is 0 Å². The van der Waals surface area contributed by atoms with Crippen LogP contribution in [0.1, 0.15) is 23.7 Å². The fraction of sp³-hybridized carbons (Fsp3) is 0.400. The Morgan fingerprint density at radius 3 is 2.18 bits per heavy atom. The monoisotopic (exact) mass is 265 g/mol. The van der Waals surface area contributed by atoms with Gasteiger partial charge in [0, 0.05) is 24.2 Å². The minimum Gasteiger partial charge on any atom is -0.506 e. The van der Waals surface area contributed by atoms with Crippen molar-refractivity contribution in [3.63, 3.8) is 0 Å². The molecule has 0 unspecified atom stereocenters. The number of aliphatic hydroxyl groups is 2. The van der Waals surface area contributed by atoms with Gasteiger partial charge in [0.05, 0.1) is 18.9 Å². The van der Waals surface area contributed by atoms with Crippen LogP contribution in [0, 0.1) is 6.92 Å². The topological polar surface area (TPSA) is 111 Å². The Kier molecular flexibility index (Phi) is 9.26. The van der Waals surface area contributed by atoms with Gasteiger partial charge in [0.1, 0.15) is 5.75 Å². The maximum atomic E-state index is 9.38. The molecule has 1 heterocycles. The lowest BCUT2D eigenvalue weighted by molar-refractivity contribution is -0.134. The smallest absolute Gasteiger partial charge is 0.300 e. The summed E-state index contributed by atoms with van der Waals surface area (Å²) in [5, 5.41) is 34.5. The number of aliphatic hydroxyl groups excluding tert-OH is 2. The number of hydrogen-bond donors (Lipinski definition) is 4. The van der Waals surface area contributed by atoms with Gasteiger partial charge in [0.25, 0.3) is 5.97 Å². The number of aromatic hydroxyl groups is 1. The largest absolute Gasteiger partial charge is 0.506 e. The molecule has 7 heteroatoms. The van der Waals surface area contributed by atoms with Gasteiger partial charge in [-0.05, 0) is 6.92 Å². The summed E-state index contributed by atoms with van der Waals surface area (Å²) >= 11 is 0. The van der Waals surface area contributed by atoms with Crippen LogP contribution < -0.4 is 0 Å². The summed E-state index contributed by atoms with van der Waals surface area (Å²) < 4.78 is 0. The lowest BCUT2D eigenvalue weighted by Crippen LogP contribution is -1.98. The Morgan fingerprint density at radius 1 is 1.35 bits per heavy atom. The summed E-state index contributed by atoms with van der Waals surface area (Å²) in [4.78, 5) is 12.8. The zero-order valence-electron chi connectivity index (χ0n) is 9.54. The molecule has 0 aliphatic rings. The van der Waals surface area contributed by atoms with Gasteiger partial charge in [-0.3, -0.25) is 9.78 Å². The quantitative estimate of drug-likeness (QED) is 0.623. The second-order valence-electron chi connectivity index (χ2n) is 3.03. The number of carboxylic acid groups (broad SMARTS) is 1. The zero-order valence-corrected chi connectivity index (χ0v) is 10.4. The van der Waals surface area contributed by atoms with Crippen molar-refractivity contribution in [3.8, 4) is 5.75 Å². The Labute approximate surface area is 105 Å². The highest BCUT2D eigenvalue weighted by Crippen LogP contribution is 2.23. The molecule has 0 saturated carbocycles. The van der Waals surface area contributed by atoms with Gasteiger partial charge >= 0.3 is 0 Å². The second-order valence-corrected chi connectivity index (χ2v) is 3.03. The van der Waals surface area contributed by atoms with Crippen molar-refractivity contribution < 1.29 is 25.2 Å². The molecule has 0 aliphatic heterocycles. The number of aromatic nitrogens is 1. The normalized spacial score (nSPS) is 8.71. The summed E-state index contributed by atoms with van der Waals surface area (Å²) in [5.74, 6) is -0.871. The molecule has 0 amide bonds. The third-order valence-electron chi connectivity index (χ3n) is 1.76. The lowest BCUT2D eigenvalue weighted by atomic mass is 10.1. The predicted octanol–water partition coefficient (Wildman–Crippen LogP) is 0.593. The average molecular weight is 266 g/mol. The first-order valence-electron chi connectivity index (χ1n) is 4.51. The molecule has 1 aromatic heterocycles. The van der Waals surface area contributed by atoms with E-state index in [1.54, 1.807) is 6.92 Å². The molecule has 0 spiro atoms. The molecule has 0 bridgehead atoms. The second kappa shape index (κ2) is 8.74. The number of aliphatic carboxylic acids is 1. The molecule has 98 valence electrons. The first kappa shape index (κ1) is 18.0. The maximum Gasteiger partial charge on any atom is 0.300 e. The van der Waals surface area contributed by atoms with E-state index in [9.17, 15) is 5.11 Å². The lowest BCUT2D eigenvalue weighted by Gasteiger charge is -2.07. The fourth-order valence-corrected chi connectivity index (χ4v) is 0.997. The van der Waals surface area contributed by atoms with Crippen LogP contribution in [-0.4, -0.2) is 31.4 Å². The van der Waals surface area contributed by atoms with E-state index >= 15 is 0 Å². The molecule has 1 aromatic rings. The molecule has 0 aliphatic carbocycles. The number of rotatable bonds is 2. The highest BCUT2D eigenvalue weighted by Gasteiger charge is 2.09. The van der Waals surface area contributed by atoms with Crippen molar-refractivity contribution in [2.45, 2.75) is 27.1 Å². The standard InChI is InChI=1S/C8H11NO3.C2H4O2.ClH/c1-5-8(12)7(4-11)6(3-10)2-9-5;1-2(3)4;/h2,10-12H,3-4H2,1H3;1H3,(H,3,4);1H. The minimum atomic E-state index is -0.833. The number of carbonyl (C=O) groups is 1. The molecular formula is C10H16ClNO5. The molecular weight excluding hydrogens is 250 g/mol. The van der Waals surface area contributed by atoms with Crippen molar-refractivity contribution in [2.75, 3.05) is 0 Å². The van der Waals surface area contributed by atoms with E-state index in [1.807, 2.05) is 0 Å². The van der Waals surface area contributed by atoms with E-state index in [-0.39, 0.29) is 31.4 Å². The third-order valence-corrected chi connectivity index (χ3v) is 1.76. The van der Waals surface area contributed by atoms with Gasteiger partial charge in [-0.1, -0.05) is 0 Å². The molecule has 0 aromatic carbocycles. The van der Waals surface area contributed by atoms with Crippen LogP contribution in [0.4, 0.5) is 0 Å².